The van der Waals surface area contributed by atoms with Crippen molar-refractivity contribution in [2.75, 3.05) is 6.54 Å². The van der Waals surface area contributed by atoms with Crippen LogP contribution in [0.1, 0.15) is 60.3 Å². The Morgan fingerprint density at radius 1 is 1.31 bits per heavy atom. The lowest BCUT2D eigenvalue weighted by atomic mass is 10.1. The number of hydrogen-bond donors (Lipinski definition) is 0. The van der Waals surface area contributed by atoms with E-state index in [1.165, 1.54) is 32.2 Å². The van der Waals surface area contributed by atoms with Gasteiger partial charge in [0.05, 0.1) is 0 Å². The van der Waals surface area contributed by atoms with Gasteiger partial charge in [-0.2, -0.15) is 0 Å². The van der Waals surface area contributed by atoms with Gasteiger partial charge in [0.15, 0.2) is 0 Å². The summed E-state index contributed by atoms with van der Waals surface area (Å²) in [5.41, 5.74) is 0. The second-order valence-corrected chi connectivity index (χ2v) is 3.70. The Balaban J connectivity index is 0.000000671. The smallest absolute Gasteiger partial charge is 0.00959 e. The van der Waals surface area contributed by atoms with Crippen LogP contribution in [0.15, 0.2) is 0 Å². The zero-order chi connectivity index (χ0) is 10.3. The van der Waals surface area contributed by atoms with Crippen LogP contribution in [0, 0.1) is 0 Å². The van der Waals surface area contributed by atoms with Gasteiger partial charge in [0.1, 0.15) is 0 Å². The fourth-order valence-electron chi connectivity index (χ4n) is 2.11. The molecule has 0 radical (unpaired) electrons. The van der Waals surface area contributed by atoms with E-state index in [1.54, 1.807) is 0 Å². The molecule has 0 amide bonds. The molecule has 13 heavy (non-hydrogen) atoms. The van der Waals surface area contributed by atoms with Crippen LogP contribution in [0.4, 0.5) is 0 Å². The molecule has 0 aromatic heterocycles. The largest absolute Gasteiger partial charge is 0.298 e. The zero-order valence-electron chi connectivity index (χ0n) is 10.1. The van der Waals surface area contributed by atoms with Gasteiger partial charge in [-0.05, 0) is 39.2 Å². The Kier molecular flexibility index (Phi) is 7.35. The molecule has 1 heteroatoms. The molecule has 1 rings (SSSR count). The van der Waals surface area contributed by atoms with E-state index in [4.69, 9.17) is 0 Å². The standard InChI is InChI=1S/C10H21N.C2H6/c1-4-9(3)11-8-6-7-10(11)5-2;1-2/h9-10H,4-8H2,1-3H3;1-2H3. The molecule has 1 fully saturated rings. The van der Waals surface area contributed by atoms with E-state index in [9.17, 15) is 0 Å². The van der Waals surface area contributed by atoms with Crippen molar-refractivity contribution in [3.05, 3.63) is 0 Å². The Hall–Kier alpha value is -0.0400. The van der Waals surface area contributed by atoms with Gasteiger partial charge in [0.2, 0.25) is 0 Å². The Bertz CT molecular complexity index is 112. The van der Waals surface area contributed by atoms with Crippen molar-refractivity contribution in [2.24, 2.45) is 0 Å². The highest BCUT2D eigenvalue weighted by Crippen LogP contribution is 2.23. The highest BCUT2D eigenvalue weighted by molar-refractivity contribution is 4.81. The van der Waals surface area contributed by atoms with Crippen molar-refractivity contribution < 1.29 is 0 Å². The van der Waals surface area contributed by atoms with Gasteiger partial charge < -0.3 is 0 Å². The molecular weight excluding hydrogens is 158 g/mol. The van der Waals surface area contributed by atoms with E-state index in [0.717, 1.165) is 12.1 Å². The number of rotatable bonds is 3. The third kappa shape index (κ3) is 3.68. The summed E-state index contributed by atoms with van der Waals surface area (Å²) in [6.45, 7) is 12.3. The minimum absolute atomic E-state index is 0.808. The fourth-order valence-corrected chi connectivity index (χ4v) is 2.11. The SMILES string of the molecule is CC.CCC(C)N1CCCC1CC. The molecule has 0 aromatic rings. The minimum atomic E-state index is 0.808. The molecule has 2 atom stereocenters. The Labute approximate surface area is 84.5 Å². The van der Waals surface area contributed by atoms with Crippen LogP contribution in [-0.4, -0.2) is 23.5 Å². The summed E-state index contributed by atoms with van der Waals surface area (Å²) >= 11 is 0. The lowest BCUT2D eigenvalue weighted by molar-refractivity contribution is 0.183. The fraction of sp³-hybridized carbons (Fsp3) is 1.00. The summed E-state index contributed by atoms with van der Waals surface area (Å²) in [4.78, 5) is 2.68. The van der Waals surface area contributed by atoms with Gasteiger partial charge in [0.25, 0.3) is 0 Å². The molecular formula is C12H27N. The molecule has 80 valence electrons. The number of likely N-dealkylation sites (tertiary alicyclic amines) is 1. The molecule has 0 spiro atoms. The second-order valence-electron chi connectivity index (χ2n) is 3.70. The second kappa shape index (κ2) is 7.37. The van der Waals surface area contributed by atoms with E-state index >= 15 is 0 Å². The van der Waals surface area contributed by atoms with Crippen molar-refractivity contribution in [1.29, 1.82) is 0 Å². The van der Waals surface area contributed by atoms with Crippen molar-refractivity contribution in [1.82, 2.24) is 4.90 Å². The Morgan fingerprint density at radius 3 is 2.38 bits per heavy atom. The molecule has 1 aliphatic heterocycles. The number of hydrogen-bond acceptors (Lipinski definition) is 1. The molecule has 0 N–H and O–H groups in total. The lowest BCUT2D eigenvalue weighted by Crippen LogP contribution is -2.36. The van der Waals surface area contributed by atoms with Gasteiger partial charge in [-0.15, -0.1) is 0 Å². The number of nitrogens with zero attached hydrogens (tertiary/aromatic N) is 1. The van der Waals surface area contributed by atoms with Crippen LogP contribution >= 0.6 is 0 Å². The molecule has 0 bridgehead atoms. The van der Waals surface area contributed by atoms with Crippen LogP contribution in [0.5, 0.6) is 0 Å². The summed E-state index contributed by atoms with van der Waals surface area (Å²) in [5.74, 6) is 0. The van der Waals surface area contributed by atoms with Gasteiger partial charge >= 0.3 is 0 Å². The van der Waals surface area contributed by atoms with E-state index in [1.807, 2.05) is 13.8 Å². The summed E-state index contributed by atoms with van der Waals surface area (Å²) in [6.07, 6.45) is 5.49. The zero-order valence-corrected chi connectivity index (χ0v) is 10.1. The van der Waals surface area contributed by atoms with Crippen LogP contribution in [0.2, 0.25) is 0 Å². The van der Waals surface area contributed by atoms with Crippen LogP contribution in [-0.2, 0) is 0 Å². The maximum atomic E-state index is 2.68. The topological polar surface area (TPSA) is 3.24 Å². The molecule has 1 aliphatic rings. The summed E-state index contributed by atoms with van der Waals surface area (Å²) in [6, 6.07) is 1.70. The first-order valence-electron chi connectivity index (χ1n) is 6.05. The molecule has 0 saturated carbocycles. The van der Waals surface area contributed by atoms with Crippen molar-refractivity contribution in [3.8, 4) is 0 Å². The summed E-state index contributed by atoms with van der Waals surface area (Å²) in [5, 5.41) is 0. The first-order chi connectivity index (χ1) is 6.29. The predicted molar refractivity (Wildman–Crippen MR) is 61.1 cm³/mol. The van der Waals surface area contributed by atoms with Gasteiger partial charge in [-0.3, -0.25) is 4.90 Å². The van der Waals surface area contributed by atoms with Gasteiger partial charge in [-0.1, -0.05) is 27.7 Å². The third-order valence-corrected chi connectivity index (χ3v) is 3.05. The maximum Gasteiger partial charge on any atom is 0.00959 e. The van der Waals surface area contributed by atoms with Crippen molar-refractivity contribution in [3.63, 3.8) is 0 Å². The Morgan fingerprint density at radius 2 is 1.92 bits per heavy atom. The van der Waals surface area contributed by atoms with Crippen LogP contribution in [0.3, 0.4) is 0 Å². The first kappa shape index (κ1) is 13.0. The monoisotopic (exact) mass is 185 g/mol. The van der Waals surface area contributed by atoms with E-state index in [-0.39, 0.29) is 0 Å². The van der Waals surface area contributed by atoms with E-state index < -0.39 is 0 Å². The highest BCUT2D eigenvalue weighted by Gasteiger charge is 2.25. The van der Waals surface area contributed by atoms with Gasteiger partial charge in [0, 0.05) is 12.1 Å². The summed E-state index contributed by atoms with van der Waals surface area (Å²) in [7, 11) is 0. The van der Waals surface area contributed by atoms with Crippen LogP contribution < -0.4 is 0 Å². The molecule has 0 aromatic carbocycles. The third-order valence-electron chi connectivity index (χ3n) is 3.05. The minimum Gasteiger partial charge on any atom is -0.298 e. The average Bonchev–Trinajstić information content (AvgIpc) is 2.67. The molecule has 0 aliphatic carbocycles. The lowest BCUT2D eigenvalue weighted by Gasteiger charge is -2.29. The predicted octanol–water partition coefficient (Wildman–Crippen LogP) is 3.69. The average molecular weight is 185 g/mol. The first-order valence-corrected chi connectivity index (χ1v) is 6.05. The maximum absolute atomic E-state index is 2.68. The van der Waals surface area contributed by atoms with Crippen molar-refractivity contribution in [2.45, 2.75) is 72.4 Å². The normalized spacial score (nSPS) is 25.2. The van der Waals surface area contributed by atoms with Gasteiger partial charge in [-0.25, -0.2) is 0 Å². The molecule has 1 heterocycles. The quantitative estimate of drug-likeness (QED) is 0.648. The van der Waals surface area contributed by atoms with Crippen molar-refractivity contribution >= 4 is 0 Å². The molecule has 1 nitrogen and oxygen atoms in total. The van der Waals surface area contributed by atoms with Crippen LogP contribution in [0.25, 0.3) is 0 Å². The molecule has 1 saturated heterocycles. The van der Waals surface area contributed by atoms with E-state index in [2.05, 4.69) is 25.7 Å². The van der Waals surface area contributed by atoms with E-state index in [0.29, 0.717) is 0 Å². The highest BCUT2D eigenvalue weighted by atomic mass is 15.2. The summed E-state index contributed by atoms with van der Waals surface area (Å²) < 4.78 is 0. The molecule has 2 unspecified atom stereocenters.